The number of benzene rings is 1. The first-order valence-corrected chi connectivity index (χ1v) is 7.71. The molecule has 0 aromatic heterocycles. The molecule has 18 heavy (non-hydrogen) atoms. The van der Waals surface area contributed by atoms with Crippen LogP contribution in [0.25, 0.3) is 0 Å². The van der Waals surface area contributed by atoms with Gasteiger partial charge in [-0.2, -0.15) is 0 Å². The lowest BCUT2D eigenvalue weighted by Crippen LogP contribution is -2.36. The van der Waals surface area contributed by atoms with Crippen LogP contribution in [0.2, 0.25) is 0 Å². The van der Waals surface area contributed by atoms with Gasteiger partial charge in [0.2, 0.25) is 10.0 Å². The van der Waals surface area contributed by atoms with Crippen molar-refractivity contribution in [3.05, 3.63) is 24.3 Å². The van der Waals surface area contributed by atoms with E-state index in [0.717, 1.165) is 12.2 Å². The number of rotatable bonds is 6. The van der Waals surface area contributed by atoms with Crippen molar-refractivity contribution < 1.29 is 8.42 Å². The predicted octanol–water partition coefficient (Wildman–Crippen LogP) is 2.44. The van der Waals surface area contributed by atoms with E-state index in [-0.39, 0.29) is 12.0 Å². The lowest BCUT2D eigenvalue weighted by atomic mass is 10.1. The van der Waals surface area contributed by atoms with Crippen molar-refractivity contribution in [2.45, 2.75) is 38.6 Å². The predicted molar refractivity (Wildman–Crippen MR) is 75.2 cm³/mol. The summed E-state index contributed by atoms with van der Waals surface area (Å²) in [4.78, 5) is 0.299. The fourth-order valence-electron chi connectivity index (χ4n) is 1.43. The third-order valence-electron chi connectivity index (χ3n) is 2.87. The number of anilines is 1. The van der Waals surface area contributed by atoms with Gasteiger partial charge in [-0.05, 0) is 38.0 Å². The number of hydrogen-bond donors (Lipinski definition) is 2. The van der Waals surface area contributed by atoms with E-state index in [9.17, 15) is 8.42 Å². The molecule has 1 aromatic carbocycles. The average Bonchev–Trinajstić information content (AvgIpc) is 2.29. The number of nitrogens with one attached hydrogen (secondary N) is 2. The Hall–Kier alpha value is -1.07. The molecule has 102 valence electrons. The molecule has 1 aromatic rings. The zero-order valence-corrected chi connectivity index (χ0v) is 12.2. The van der Waals surface area contributed by atoms with Crippen LogP contribution in [0.4, 0.5) is 5.69 Å². The first-order valence-electron chi connectivity index (χ1n) is 6.23. The van der Waals surface area contributed by atoms with E-state index in [1.165, 1.54) is 0 Å². The van der Waals surface area contributed by atoms with Crippen LogP contribution in [-0.4, -0.2) is 21.0 Å². The Morgan fingerprint density at radius 3 is 2.44 bits per heavy atom. The van der Waals surface area contributed by atoms with Gasteiger partial charge in [0.1, 0.15) is 0 Å². The monoisotopic (exact) mass is 270 g/mol. The maximum absolute atomic E-state index is 12.2. The zero-order valence-electron chi connectivity index (χ0n) is 11.4. The number of hydrogen-bond acceptors (Lipinski definition) is 3. The van der Waals surface area contributed by atoms with Gasteiger partial charge in [0.25, 0.3) is 0 Å². The molecule has 0 heterocycles. The summed E-state index contributed by atoms with van der Waals surface area (Å²) in [6.07, 6.45) is 0. The molecule has 2 N–H and O–H groups in total. The quantitative estimate of drug-likeness (QED) is 0.834. The van der Waals surface area contributed by atoms with E-state index in [4.69, 9.17) is 0 Å². The fourth-order valence-corrected chi connectivity index (χ4v) is 2.86. The van der Waals surface area contributed by atoms with Crippen LogP contribution < -0.4 is 10.0 Å². The van der Waals surface area contributed by atoms with Gasteiger partial charge in [-0.1, -0.05) is 19.9 Å². The van der Waals surface area contributed by atoms with Crippen molar-refractivity contribution in [2.24, 2.45) is 5.92 Å². The highest BCUT2D eigenvalue weighted by atomic mass is 32.2. The van der Waals surface area contributed by atoms with Gasteiger partial charge >= 0.3 is 0 Å². The SMILES string of the molecule is CCNc1cccc(S(=O)(=O)NC(C)C(C)C)c1. The first kappa shape index (κ1) is 15.0. The van der Waals surface area contributed by atoms with Gasteiger partial charge in [-0.3, -0.25) is 0 Å². The van der Waals surface area contributed by atoms with Crippen LogP contribution in [0.5, 0.6) is 0 Å². The second-order valence-corrected chi connectivity index (χ2v) is 6.43. The van der Waals surface area contributed by atoms with Gasteiger partial charge in [0.15, 0.2) is 0 Å². The maximum Gasteiger partial charge on any atom is 0.240 e. The highest BCUT2D eigenvalue weighted by molar-refractivity contribution is 7.89. The highest BCUT2D eigenvalue weighted by Gasteiger charge is 2.19. The van der Waals surface area contributed by atoms with Crippen molar-refractivity contribution in [1.82, 2.24) is 4.72 Å². The third-order valence-corrected chi connectivity index (χ3v) is 4.42. The Kier molecular flexibility index (Phi) is 5.16. The molecular weight excluding hydrogens is 248 g/mol. The molecule has 0 bridgehead atoms. The summed E-state index contributed by atoms with van der Waals surface area (Å²) in [5.41, 5.74) is 0.817. The molecule has 0 aliphatic carbocycles. The van der Waals surface area contributed by atoms with Gasteiger partial charge in [-0.25, -0.2) is 13.1 Å². The van der Waals surface area contributed by atoms with Gasteiger partial charge < -0.3 is 5.32 Å². The minimum atomic E-state index is -3.44. The lowest BCUT2D eigenvalue weighted by Gasteiger charge is -2.17. The summed E-state index contributed by atoms with van der Waals surface area (Å²) in [6.45, 7) is 8.58. The molecule has 5 heteroatoms. The van der Waals surface area contributed by atoms with Crippen molar-refractivity contribution in [3.8, 4) is 0 Å². The Morgan fingerprint density at radius 1 is 1.22 bits per heavy atom. The van der Waals surface area contributed by atoms with Crippen molar-refractivity contribution in [1.29, 1.82) is 0 Å². The molecule has 0 radical (unpaired) electrons. The topological polar surface area (TPSA) is 58.2 Å². The summed E-state index contributed by atoms with van der Waals surface area (Å²) < 4.78 is 27.0. The molecule has 0 aliphatic heterocycles. The van der Waals surface area contributed by atoms with E-state index in [1.54, 1.807) is 18.2 Å². The Labute approximate surface area is 110 Å². The van der Waals surface area contributed by atoms with Crippen LogP contribution in [0.3, 0.4) is 0 Å². The molecule has 0 saturated carbocycles. The third kappa shape index (κ3) is 3.99. The largest absolute Gasteiger partial charge is 0.385 e. The molecule has 1 atom stereocenters. The molecule has 0 amide bonds. The standard InChI is InChI=1S/C13H22N2O2S/c1-5-14-12-7-6-8-13(9-12)18(16,17)15-11(4)10(2)3/h6-11,14-15H,5H2,1-4H3. The van der Waals surface area contributed by atoms with E-state index in [2.05, 4.69) is 10.0 Å². The molecule has 1 rings (SSSR count). The lowest BCUT2D eigenvalue weighted by molar-refractivity contribution is 0.476. The first-order chi connectivity index (χ1) is 8.36. The van der Waals surface area contributed by atoms with Crippen molar-refractivity contribution >= 4 is 15.7 Å². The van der Waals surface area contributed by atoms with E-state index >= 15 is 0 Å². The van der Waals surface area contributed by atoms with Crippen LogP contribution >= 0.6 is 0 Å². The van der Waals surface area contributed by atoms with Gasteiger partial charge in [0.05, 0.1) is 4.90 Å². The smallest absolute Gasteiger partial charge is 0.240 e. The minimum Gasteiger partial charge on any atom is -0.385 e. The van der Waals surface area contributed by atoms with Crippen LogP contribution in [0.15, 0.2) is 29.2 Å². The molecule has 0 spiro atoms. The summed E-state index contributed by atoms with van der Waals surface area (Å²) in [5, 5.41) is 3.10. The molecule has 1 unspecified atom stereocenters. The normalized spacial score (nSPS) is 13.6. The molecule has 4 nitrogen and oxygen atoms in total. The molecule has 0 aliphatic rings. The van der Waals surface area contributed by atoms with E-state index < -0.39 is 10.0 Å². The summed E-state index contributed by atoms with van der Waals surface area (Å²) in [7, 11) is -3.44. The second kappa shape index (κ2) is 6.20. The summed E-state index contributed by atoms with van der Waals surface area (Å²) in [6, 6.07) is 6.77. The number of sulfonamides is 1. The van der Waals surface area contributed by atoms with E-state index in [0.29, 0.717) is 4.90 Å². The molecule has 0 fully saturated rings. The minimum absolute atomic E-state index is 0.0854. The summed E-state index contributed by atoms with van der Waals surface area (Å²) in [5.74, 6) is 0.261. The Balaban J connectivity index is 2.94. The van der Waals surface area contributed by atoms with Crippen molar-refractivity contribution in [3.63, 3.8) is 0 Å². The second-order valence-electron chi connectivity index (χ2n) is 4.71. The molecule has 0 saturated heterocycles. The van der Waals surface area contributed by atoms with Crippen LogP contribution in [-0.2, 0) is 10.0 Å². The fraction of sp³-hybridized carbons (Fsp3) is 0.538. The van der Waals surface area contributed by atoms with Crippen LogP contribution in [0.1, 0.15) is 27.7 Å². The van der Waals surface area contributed by atoms with Gasteiger partial charge in [0, 0.05) is 18.3 Å². The molecular formula is C13H22N2O2S. The van der Waals surface area contributed by atoms with Crippen molar-refractivity contribution in [2.75, 3.05) is 11.9 Å². The zero-order chi connectivity index (χ0) is 13.8. The Bertz CT molecular complexity index is 484. The average molecular weight is 270 g/mol. The van der Waals surface area contributed by atoms with Crippen LogP contribution in [0, 0.1) is 5.92 Å². The Morgan fingerprint density at radius 2 is 1.89 bits per heavy atom. The summed E-state index contributed by atoms with van der Waals surface area (Å²) >= 11 is 0. The van der Waals surface area contributed by atoms with E-state index in [1.807, 2.05) is 33.8 Å². The van der Waals surface area contributed by atoms with Gasteiger partial charge in [-0.15, -0.1) is 0 Å². The maximum atomic E-state index is 12.2. The highest BCUT2D eigenvalue weighted by Crippen LogP contribution is 2.16.